The molecule has 0 radical (unpaired) electrons. The van der Waals surface area contributed by atoms with Crippen molar-refractivity contribution in [3.05, 3.63) is 45.6 Å². The zero-order valence-electron chi connectivity index (χ0n) is 9.37. The van der Waals surface area contributed by atoms with Gasteiger partial charge in [-0.3, -0.25) is 0 Å². The summed E-state index contributed by atoms with van der Waals surface area (Å²) in [6.07, 6.45) is 1.72. The third-order valence-corrected chi connectivity index (χ3v) is 3.26. The van der Waals surface area contributed by atoms with E-state index in [1.165, 1.54) is 16.7 Å². The summed E-state index contributed by atoms with van der Waals surface area (Å²) in [6.45, 7) is 4.91. The summed E-state index contributed by atoms with van der Waals surface area (Å²) in [6, 6.07) is 6.40. The molecule has 0 spiro atoms. The lowest BCUT2D eigenvalue weighted by atomic mass is 10.1. The molecule has 1 aromatic carbocycles. The molecule has 0 unspecified atom stereocenters. The Balaban J connectivity index is 2.30. The van der Waals surface area contributed by atoms with E-state index in [4.69, 9.17) is 5.73 Å². The van der Waals surface area contributed by atoms with Gasteiger partial charge in [0.05, 0.1) is 17.2 Å². The van der Waals surface area contributed by atoms with Crippen molar-refractivity contribution in [2.75, 3.05) is 5.73 Å². The van der Waals surface area contributed by atoms with Crippen molar-refractivity contribution in [3.63, 3.8) is 0 Å². The quantitative estimate of drug-likeness (QED) is 0.919. The Morgan fingerprint density at radius 2 is 2.12 bits per heavy atom. The summed E-state index contributed by atoms with van der Waals surface area (Å²) in [4.78, 5) is 0. The highest BCUT2D eigenvalue weighted by molar-refractivity contribution is 9.10. The molecule has 0 saturated carbocycles. The van der Waals surface area contributed by atoms with Crippen molar-refractivity contribution in [1.29, 1.82) is 0 Å². The standard InChI is InChI=1S/C12H14BrN3/c1-8-3-4-10(9(2)5-8)7-16-12(14)11(13)6-15-16/h3-6H,7,14H2,1-2H3. The van der Waals surface area contributed by atoms with Crippen LogP contribution in [0.1, 0.15) is 16.7 Å². The Kier molecular flexibility index (Phi) is 3.01. The fourth-order valence-corrected chi connectivity index (χ4v) is 1.98. The second-order valence-electron chi connectivity index (χ2n) is 3.97. The fourth-order valence-electron chi connectivity index (χ4n) is 1.68. The molecule has 4 heteroatoms. The molecule has 0 fully saturated rings. The van der Waals surface area contributed by atoms with Gasteiger partial charge in [0, 0.05) is 0 Å². The van der Waals surface area contributed by atoms with E-state index in [0.717, 1.165) is 4.47 Å². The Bertz CT molecular complexity index is 517. The van der Waals surface area contributed by atoms with Gasteiger partial charge in [-0.1, -0.05) is 23.8 Å². The third kappa shape index (κ3) is 2.11. The maximum atomic E-state index is 5.88. The number of nitrogens with zero attached hydrogens (tertiary/aromatic N) is 2. The van der Waals surface area contributed by atoms with Crippen LogP contribution in [0, 0.1) is 13.8 Å². The first-order valence-corrected chi connectivity index (χ1v) is 5.90. The van der Waals surface area contributed by atoms with Gasteiger partial charge in [-0.25, -0.2) is 4.68 Å². The van der Waals surface area contributed by atoms with Crippen LogP contribution in [0.3, 0.4) is 0 Å². The van der Waals surface area contributed by atoms with E-state index in [1.807, 2.05) is 0 Å². The van der Waals surface area contributed by atoms with Crippen molar-refractivity contribution in [3.8, 4) is 0 Å². The first kappa shape index (κ1) is 11.2. The number of benzene rings is 1. The summed E-state index contributed by atoms with van der Waals surface area (Å²) in [5.74, 6) is 0.667. The molecule has 84 valence electrons. The summed E-state index contributed by atoms with van der Waals surface area (Å²) in [5, 5.41) is 4.22. The van der Waals surface area contributed by atoms with Gasteiger partial charge in [-0.15, -0.1) is 0 Å². The number of hydrogen-bond acceptors (Lipinski definition) is 2. The van der Waals surface area contributed by atoms with E-state index in [2.05, 4.69) is 53.1 Å². The highest BCUT2D eigenvalue weighted by Gasteiger charge is 2.06. The van der Waals surface area contributed by atoms with Gasteiger partial charge in [0.15, 0.2) is 0 Å². The minimum absolute atomic E-state index is 0.667. The lowest BCUT2D eigenvalue weighted by Crippen LogP contribution is -2.07. The van der Waals surface area contributed by atoms with Crippen LogP contribution in [-0.2, 0) is 6.54 Å². The number of hydrogen-bond donors (Lipinski definition) is 1. The van der Waals surface area contributed by atoms with Gasteiger partial charge in [0.2, 0.25) is 0 Å². The molecule has 3 nitrogen and oxygen atoms in total. The molecule has 1 heterocycles. The predicted molar refractivity (Wildman–Crippen MR) is 69.4 cm³/mol. The van der Waals surface area contributed by atoms with Gasteiger partial charge >= 0.3 is 0 Å². The lowest BCUT2D eigenvalue weighted by molar-refractivity contribution is 0.694. The van der Waals surface area contributed by atoms with Crippen LogP contribution in [-0.4, -0.2) is 9.78 Å². The van der Waals surface area contributed by atoms with Crippen molar-refractivity contribution < 1.29 is 0 Å². The highest BCUT2D eigenvalue weighted by atomic mass is 79.9. The Labute approximate surface area is 103 Å². The molecule has 0 bridgehead atoms. The summed E-state index contributed by atoms with van der Waals surface area (Å²) < 4.78 is 2.64. The van der Waals surface area contributed by atoms with Gasteiger partial charge in [0.25, 0.3) is 0 Å². The van der Waals surface area contributed by atoms with E-state index >= 15 is 0 Å². The minimum Gasteiger partial charge on any atom is -0.383 e. The molecule has 0 saturated heterocycles. The second kappa shape index (κ2) is 4.29. The third-order valence-electron chi connectivity index (χ3n) is 2.65. The highest BCUT2D eigenvalue weighted by Crippen LogP contribution is 2.20. The van der Waals surface area contributed by atoms with Crippen LogP contribution in [0.4, 0.5) is 5.82 Å². The fraction of sp³-hybridized carbons (Fsp3) is 0.250. The predicted octanol–water partition coefficient (Wildman–Crippen LogP) is 2.89. The summed E-state index contributed by atoms with van der Waals surface area (Å²) in [5.41, 5.74) is 9.67. The molecule has 2 N–H and O–H groups in total. The van der Waals surface area contributed by atoms with E-state index in [9.17, 15) is 0 Å². The minimum atomic E-state index is 0.667. The van der Waals surface area contributed by atoms with Crippen molar-refractivity contribution in [1.82, 2.24) is 9.78 Å². The van der Waals surface area contributed by atoms with Crippen LogP contribution in [0.2, 0.25) is 0 Å². The van der Waals surface area contributed by atoms with Crippen molar-refractivity contribution in [2.24, 2.45) is 0 Å². The number of aryl methyl sites for hydroxylation is 2. The largest absolute Gasteiger partial charge is 0.383 e. The topological polar surface area (TPSA) is 43.8 Å². The van der Waals surface area contributed by atoms with Crippen molar-refractivity contribution >= 4 is 21.7 Å². The van der Waals surface area contributed by atoms with Gasteiger partial charge < -0.3 is 5.73 Å². The van der Waals surface area contributed by atoms with Gasteiger partial charge in [-0.2, -0.15) is 5.10 Å². The monoisotopic (exact) mass is 279 g/mol. The van der Waals surface area contributed by atoms with E-state index in [0.29, 0.717) is 12.4 Å². The summed E-state index contributed by atoms with van der Waals surface area (Å²) >= 11 is 3.35. The molecule has 2 aromatic rings. The number of rotatable bonds is 2. The van der Waals surface area contributed by atoms with E-state index in [1.54, 1.807) is 10.9 Å². The Hall–Kier alpha value is -1.29. The Morgan fingerprint density at radius 1 is 1.38 bits per heavy atom. The average Bonchev–Trinajstić information content (AvgIpc) is 2.54. The summed E-state index contributed by atoms with van der Waals surface area (Å²) in [7, 11) is 0. The number of nitrogens with two attached hydrogens (primary N) is 1. The molecule has 2 rings (SSSR count). The Morgan fingerprint density at radius 3 is 2.69 bits per heavy atom. The normalized spacial score (nSPS) is 10.7. The number of aromatic nitrogens is 2. The maximum Gasteiger partial charge on any atom is 0.136 e. The first-order valence-electron chi connectivity index (χ1n) is 5.11. The first-order chi connectivity index (χ1) is 7.58. The van der Waals surface area contributed by atoms with Crippen LogP contribution in [0.5, 0.6) is 0 Å². The molecule has 0 atom stereocenters. The van der Waals surface area contributed by atoms with Crippen LogP contribution >= 0.6 is 15.9 Å². The SMILES string of the molecule is Cc1ccc(Cn2ncc(Br)c2N)c(C)c1. The smallest absolute Gasteiger partial charge is 0.136 e. The van der Waals surface area contributed by atoms with Gasteiger partial charge in [0.1, 0.15) is 5.82 Å². The zero-order valence-corrected chi connectivity index (χ0v) is 11.0. The van der Waals surface area contributed by atoms with E-state index in [-0.39, 0.29) is 0 Å². The number of nitrogen functional groups attached to an aromatic ring is 1. The van der Waals surface area contributed by atoms with Crippen LogP contribution in [0.15, 0.2) is 28.9 Å². The lowest BCUT2D eigenvalue weighted by Gasteiger charge is -2.08. The zero-order chi connectivity index (χ0) is 11.7. The molecule has 1 aromatic heterocycles. The van der Waals surface area contributed by atoms with Crippen LogP contribution < -0.4 is 5.73 Å². The molecular weight excluding hydrogens is 266 g/mol. The molecule has 0 amide bonds. The number of anilines is 1. The second-order valence-corrected chi connectivity index (χ2v) is 4.82. The average molecular weight is 280 g/mol. The molecule has 16 heavy (non-hydrogen) atoms. The van der Waals surface area contributed by atoms with E-state index < -0.39 is 0 Å². The van der Waals surface area contributed by atoms with Crippen molar-refractivity contribution in [2.45, 2.75) is 20.4 Å². The number of halogens is 1. The molecular formula is C12H14BrN3. The maximum absolute atomic E-state index is 5.88. The molecule has 0 aliphatic heterocycles. The molecule has 0 aliphatic carbocycles. The van der Waals surface area contributed by atoms with Gasteiger partial charge in [-0.05, 0) is 40.9 Å². The van der Waals surface area contributed by atoms with Crippen LogP contribution in [0.25, 0.3) is 0 Å². The molecule has 0 aliphatic rings.